The van der Waals surface area contributed by atoms with Gasteiger partial charge in [0.1, 0.15) is 6.10 Å². The van der Waals surface area contributed by atoms with Crippen LogP contribution in [0.25, 0.3) is 0 Å². The van der Waals surface area contributed by atoms with Gasteiger partial charge in [0.25, 0.3) is 0 Å². The van der Waals surface area contributed by atoms with Gasteiger partial charge in [0, 0.05) is 6.54 Å². The van der Waals surface area contributed by atoms with Crippen molar-refractivity contribution >= 4 is 5.95 Å². The molecule has 1 aliphatic carbocycles. The summed E-state index contributed by atoms with van der Waals surface area (Å²) in [5.41, 5.74) is 0. The van der Waals surface area contributed by atoms with Crippen molar-refractivity contribution < 1.29 is 9.47 Å². The van der Waals surface area contributed by atoms with Gasteiger partial charge in [-0.1, -0.05) is 0 Å². The molecular weight excluding hydrogens is 244 g/mol. The summed E-state index contributed by atoms with van der Waals surface area (Å²) in [5, 5.41) is 3.06. The van der Waals surface area contributed by atoms with Gasteiger partial charge in [0.05, 0.1) is 6.10 Å². The van der Waals surface area contributed by atoms with E-state index in [0.717, 1.165) is 19.4 Å². The molecule has 0 saturated heterocycles. The number of anilines is 1. The van der Waals surface area contributed by atoms with Crippen molar-refractivity contribution in [3.8, 4) is 12.0 Å². The van der Waals surface area contributed by atoms with E-state index in [1.165, 1.54) is 12.8 Å². The quantitative estimate of drug-likeness (QED) is 0.852. The summed E-state index contributed by atoms with van der Waals surface area (Å²) < 4.78 is 11.3. The SMILES string of the molecule is CCNc1nc(OC(C)C)nc(OC2CCCC2)n1. The molecule has 1 fully saturated rings. The molecule has 6 nitrogen and oxygen atoms in total. The van der Waals surface area contributed by atoms with Crippen LogP contribution in [0.2, 0.25) is 0 Å². The number of hydrogen-bond acceptors (Lipinski definition) is 6. The second-order valence-electron chi connectivity index (χ2n) is 4.95. The van der Waals surface area contributed by atoms with Crippen LogP contribution < -0.4 is 14.8 Å². The maximum Gasteiger partial charge on any atom is 0.324 e. The van der Waals surface area contributed by atoms with E-state index >= 15 is 0 Å². The van der Waals surface area contributed by atoms with Crippen molar-refractivity contribution in [2.24, 2.45) is 0 Å². The molecule has 0 atom stereocenters. The topological polar surface area (TPSA) is 69.2 Å². The molecule has 106 valence electrons. The van der Waals surface area contributed by atoms with Gasteiger partial charge in [-0.25, -0.2) is 0 Å². The average Bonchev–Trinajstić information content (AvgIpc) is 2.81. The van der Waals surface area contributed by atoms with Gasteiger partial charge in [-0.15, -0.1) is 4.98 Å². The smallest absolute Gasteiger partial charge is 0.324 e. The third kappa shape index (κ3) is 4.22. The highest BCUT2D eigenvalue weighted by Crippen LogP contribution is 2.23. The monoisotopic (exact) mass is 266 g/mol. The Balaban J connectivity index is 2.12. The molecule has 0 aromatic carbocycles. The van der Waals surface area contributed by atoms with Crippen LogP contribution in [0.5, 0.6) is 12.0 Å². The van der Waals surface area contributed by atoms with Gasteiger partial charge in [-0.3, -0.25) is 0 Å². The largest absolute Gasteiger partial charge is 0.461 e. The molecule has 1 saturated carbocycles. The zero-order chi connectivity index (χ0) is 13.7. The molecular formula is C13H22N4O2. The lowest BCUT2D eigenvalue weighted by Crippen LogP contribution is -2.16. The summed E-state index contributed by atoms with van der Waals surface area (Å²) in [6.07, 6.45) is 4.82. The normalized spacial score (nSPS) is 15.8. The van der Waals surface area contributed by atoms with Crippen molar-refractivity contribution in [3.63, 3.8) is 0 Å². The van der Waals surface area contributed by atoms with Gasteiger partial charge in [0.2, 0.25) is 5.95 Å². The average molecular weight is 266 g/mol. The third-order valence-corrected chi connectivity index (χ3v) is 2.84. The lowest BCUT2D eigenvalue weighted by atomic mass is 10.3. The van der Waals surface area contributed by atoms with Crippen molar-refractivity contribution in [1.29, 1.82) is 0 Å². The van der Waals surface area contributed by atoms with E-state index in [4.69, 9.17) is 9.47 Å². The minimum absolute atomic E-state index is 0.0243. The summed E-state index contributed by atoms with van der Waals surface area (Å²) in [6, 6.07) is 0.669. The first-order valence-corrected chi connectivity index (χ1v) is 7.00. The number of aromatic nitrogens is 3. The van der Waals surface area contributed by atoms with E-state index in [2.05, 4.69) is 20.3 Å². The van der Waals surface area contributed by atoms with E-state index in [1.807, 2.05) is 20.8 Å². The molecule has 0 amide bonds. The van der Waals surface area contributed by atoms with Gasteiger partial charge in [-0.05, 0) is 46.5 Å². The van der Waals surface area contributed by atoms with E-state index in [1.54, 1.807) is 0 Å². The Hall–Kier alpha value is -1.59. The van der Waals surface area contributed by atoms with Crippen molar-refractivity contribution in [2.45, 2.75) is 58.7 Å². The van der Waals surface area contributed by atoms with Crippen molar-refractivity contribution in [3.05, 3.63) is 0 Å². The van der Waals surface area contributed by atoms with Crippen LogP contribution in [0.3, 0.4) is 0 Å². The first-order chi connectivity index (χ1) is 9.17. The fourth-order valence-electron chi connectivity index (χ4n) is 2.05. The van der Waals surface area contributed by atoms with Crippen LogP contribution in [-0.2, 0) is 0 Å². The van der Waals surface area contributed by atoms with Crippen LogP contribution >= 0.6 is 0 Å². The molecule has 1 N–H and O–H groups in total. The molecule has 1 aromatic rings. The Bertz CT molecular complexity index is 406. The molecule has 1 aromatic heterocycles. The second kappa shape index (κ2) is 6.54. The number of hydrogen-bond donors (Lipinski definition) is 1. The highest BCUT2D eigenvalue weighted by Gasteiger charge is 2.19. The van der Waals surface area contributed by atoms with Gasteiger partial charge < -0.3 is 14.8 Å². The Morgan fingerprint density at radius 3 is 2.47 bits per heavy atom. The summed E-state index contributed by atoms with van der Waals surface area (Å²) in [5.74, 6) is 0.501. The Morgan fingerprint density at radius 2 is 1.84 bits per heavy atom. The number of nitrogens with one attached hydrogen (secondary N) is 1. The van der Waals surface area contributed by atoms with E-state index < -0.39 is 0 Å². The first-order valence-electron chi connectivity index (χ1n) is 7.00. The highest BCUT2D eigenvalue weighted by molar-refractivity contribution is 5.27. The highest BCUT2D eigenvalue weighted by atomic mass is 16.5. The van der Waals surface area contributed by atoms with Gasteiger partial charge >= 0.3 is 12.0 Å². The van der Waals surface area contributed by atoms with Crippen LogP contribution in [0.15, 0.2) is 0 Å². The van der Waals surface area contributed by atoms with E-state index in [0.29, 0.717) is 18.0 Å². The number of nitrogens with zero attached hydrogens (tertiary/aromatic N) is 3. The number of rotatable bonds is 6. The van der Waals surface area contributed by atoms with Gasteiger partial charge in [0.15, 0.2) is 0 Å². The predicted molar refractivity (Wildman–Crippen MR) is 72.6 cm³/mol. The van der Waals surface area contributed by atoms with Crippen LogP contribution in [0.4, 0.5) is 5.95 Å². The zero-order valence-corrected chi connectivity index (χ0v) is 11.8. The minimum atomic E-state index is 0.0243. The summed E-state index contributed by atoms with van der Waals surface area (Å²) in [6.45, 7) is 6.61. The van der Waals surface area contributed by atoms with Crippen LogP contribution in [-0.4, -0.2) is 33.7 Å². The maximum atomic E-state index is 5.80. The molecule has 6 heteroatoms. The molecule has 1 heterocycles. The third-order valence-electron chi connectivity index (χ3n) is 2.84. The molecule has 0 radical (unpaired) electrons. The molecule has 0 spiro atoms. The molecule has 19 heavy (non-hydrogen) atoms. The molecule has 2 rings (SSSR count). The summed E-state index contributed by atoms with van der Waals surface area (Å²) >= 11 is 0. The predicted octanol–water partition coefficient (Wildman–Crippen LogP) is 2.41. The minimum Gasteiger partial charge on any atom is -0.461 e. The first kappa shape index (κ1) is 13.8. The second-order valence-corrected chi connectivity index (χ2v) is 4.95. The number of ether oxygens (including phenoxy) is 2. The standard InChI is InChI=1S/C13H22N4O2/c1-4-14-11-15-12(18-9(2)3)17-13(16-11)19-10-7-5-6-8-10/h9-10H,4-8H2,1-3H3,(H,14,15,16,17). The lowest BCUT2D eigenvalue weighted by Gasteiger charge is -2.14. The van der Waals surface area contributed by atoms with Crippen LogP contribution in [0.1, 0.15) is 46.5 Å². The summed E-state index contributed by atoms with van der Waals surface area (Å²) in [7, 11) is 0. The Labute approximate surface area is 114 Å². The molecule has 0 unspecified atom stereocenters. The van der Waals surface area contributed by atoms with Crippen molar-refractivity contribution in [1.82, 2.24) is 15.0 Å². The Morgan fingerprint density at radius 1 is 1.16 bits per heavy atom. The molecule has 0 aliphatic heterocycles. The maximum absolute atomic E-state index is 5.80. The van der Waals surface area contributed by atoms with E-state index in [9.17, 15) is 0 Å². The van der Waals surface area contributed by atoms with E-state index in [-0.39, 0.29) is 12.2 Å². The molecule has 1 aliphatic rings. The molecule has 0 bridgehead atoms. The van der Waals surface area contributed by atoms with Gasteiger partial charge in [-0.2, -0.15) is 9.97 Å². The lowest BCUT2D eigenvalue weighted by molar-refractivity contribution is 0.179. The Kier molecular flexibility index (Phi) is 4.76. The zero-order valence-electron chi connectivity index (χ0n) is 11.8. The van der Waals surface area contributed by atoms with Crippen molar-refractivity contribution in [2.75, 3.05) is 11.9 Å². The summed E-state index contributed by atoms with van der Waals surface area (Å²) in [4.78, 5) is 12.7. The van der Waals surface area contributed by atoms with Crippen LogP contribution in [0, 0.1) is 0 Å². The fourth-order valence-corrected chi connectivity index (χ4v) is 2.05. The fraction of sp³-hybridized carbons (Fsp3) is 0.769.